The van der Waals surface area contributed by atoms with Crippen molar-refractivity contribution >= 4 is 40.1 Å². The van der Waals surface area contributed by atoms with Crippen molar-refractivity contribution < 1.29 is 9.59 Å². The van der Waals surface area contributed by atoms with Gasteiger partial charge in [-0.1, -0.05) is 49.0 Å². The second kappa shape index (κ2) is 7.53. The molecule has 1 fully saturated rings. The summed E-state index contributed by atoms with van der Waals surface area (Å²) < 4.78 is 0. The van der Waals surface area contributed by atoms with Crippen LogP contribution in [0.5, 0.6) is 0 Å². The number of thioether (sulfide) groups is 1. The fraction of sp³-hybridized carbons (Fsp3) is 0.211. The Bertz CT molecular complexity index is 790. The Morgan fingerprint density at radius 1 is 1.16 bits per heavy atom. The zero-order valence-electron chi connectivity index (χ0n) is 13.9. The lowest BCUT2D eigenvalue weighted by Gasteiger charge is -2.15. The summed E-state index contributed by atoms with van der Waals surface area (Å²) in [5.41, 5.74) is 2.57. The SMILES string of the molecule is CCc1ccc(NC(=O)CC2SC(=N)N(c3ccccc3)C2=O)cc1. The summed E-state index contributed by atoms with van der Waals surface area (Å²) in [5.74, 6) is -0.449. The van der Waals surface area contributed by atoms with Crippen LogP contribution in [-0.2, 0) is 16.0 Å². The summed E-state index contributed by atoms with van der Waals surface area (Å²) in [6.45, 7) is 2.07. The highest BCUT2D eigenvalue weighted by molar-refractivity contribution is 8.16. The molecule has 0 aromatic heterocycles. The van der Waals surface area contributed by atoms with Crippen LogP contribution in [0.1, 0.15) is 18.9 Å². The van der Waals surface area contributed by atoms with E-state index in [0.29, 0.717) is 11.4 Å². The van der Waals surface area contributed by atoms with Gasteiger partial charge in [-0.25, -0.2) is 0 Å². The monoisotopic (exact) mass is 353 g/mol. The van der Waals surface area contributed by atoms with E-state index in [1.807, 2.05) is 42.5 Å². The van der Waals surface area contributed by atoms with Gasteiger partial charge in [-0.2, -0.15) is 0 Å². The summed E-state index contributed by atoms with van der Waals surface area (Å²) in [6, 6.07) is 16.7. The number of nitrogens with zero attached hydrogens (tertiary/aromatic N) is 1. The number of nitrogens with one attached hydrogen (secondary N) is 2. The highest BCUT2D eigenvalue weighted by Gasteiger charge is 2.39. The van der Waals surface area contributed by atoms with Gasteiger partial charge in [0, 0.05) is 12.1 Å². The quantitative estimate of drug-likeness (QED) is 0.861. The maximum atomic E-state index is 12.6. The molecule has 25 heavy (non-hydrogen) atoms. The van der Waals surface area contributed by atoms with Gasteiger partial charge in [-0.15, -0.1) is 0 Å². The molecule has 2 aromatic rings. The molecular formula is C19H19N3O2S. The van der Waals surface area contributed by atoms with E-state index in [-0.39, 0.29) is 23.4 Å². The molecule has 128 valence electrons. The Morgan fingerprint density at radius 2 is 1.84 bits per heavy atom. The highest BCUT2D eigenvalue weighted by Crippen LogP contribution is 2.32. The summed E-state index contributed by atoms with van der Waals surface area (Å²) in [4.78, 5) is 26.2. The molecule has 0 saturated carbocycles. The molecule has 1 atom stereocenters. The molecule has 1 unspecified atom stereocenters. The van der Waals surface area contributed by atoms with Gasteiger partial charge in [0.15, 0.2) is 5.17 Å². The first-order chi connectivity index (χ1) is 12.1. The lowest BCUT2D eigenvalue weighted by atomic mass is 10.1. The van der Waals surface area contributed by atoms with Crippen LogP contribution in [0.15, 0.2) is 54.6 Å². The van der Waals surface area contributed by atoms with Crippen LogP contribution in [0.3, 0.4) is 0 Å². The number of hydrogen-bond acceptors (Lipinski definition) is 4. The van der Waals surface area contributed by atoms with Gasteiger partial charge >= 0.3 is 0 Å². The molecule has 0 aliphatic carbocycles. The number of rotatable bonds is 5. The molecule has 0 radical (unpaired) electrons. The molecule has 6 heteroatoms. The first-order valence-corrected chi connectivity index (χ1v) is 8.99. The molecule has 2 N–H and O–H groups in total. The average Bonchev–Trinajstić information content (AvgIpc) is 2.89. The van der Waals surface area contributed by atoms with Crippen molar-refractivity contribution in [1.29, 1.82) is 5.41 Å². The summed E-state index contributed by atoms with van der Waals surface area (Å²) in [6.07, 6.45) is 0.990. The Labute approximate surface area is 150 Å². The minimum atomic E-state index is -0.567. The molecule has 1 heterocycles. The standard InChI is InChI=1S/C19H19N3O2S/c1-2-13-8-10-14(11-9-13)21-17(23)12-16-18(24)22(19(20)25-16)15-6-4-3-5-7-15/h3-11,16,20H,2,12H2,1H3,(H,21,23). The van der Waals surface area contributed by atoms with Crippen molar-refractivity contribution in [2.75, 3.05) is 10.2 Å². The summed E-state index contributed by atoms with van der Waals surface area (Å²) >= 11 is 1.12. The van der Waals surface area contributed by atoms with Gasteiger partial charge in [0.2, 0.25) is 11.8 Å². The molecule has 0 bridgehead atoms. The Kier molecular flexibility index (Phi) is 5.19. The van der Waals surface area contributed by atoms with Crippen LogP contribution in [0.4, 0.5) is 11.4 Å². The molecule has 3 rings (SSSR count). The number of benzene rings is 2. The van der Waals surface area contributed by atoms with Crippen LogP contribution in [-0.4, -0.2) is 22.2 Å². The minimum absolute atomic E-state index is 0.0464. The van der Waals surface area contributed by atoms with Gasteiger partial charge < -0.3 is 5.32 Å². The molecule has 5 nitrogen and oxygen atoms in total. The van der Waals surface area contributed by atoms with E-state index >= 15 is 0 Å². The largest absolute Gasteiger partial charge is 0.326 e. The Balaban J connectivity index is 1.63. The van der Waals surface area contributed by atoms with Crippen molar-refractivity contribution in [2.24, 2.45) is 0 Å². The number of hydrogen-bond donors (Lipinski definition) is 2. The predicted octanol–water partition coefficient (Wildman–Crippen LogP) is 3.66. The second-order valence-electron chi connectivity index (χ2n) is 5.72. The van der Waals surface area contributed by atoms with Crippen LogP contribution >= 0.6 is 11.8 Å². The lowest BCUT2D eigenvalue weighted by Crippen LogP contribution is -2.33. The van der Waals surface area contributed by atoms with Crippen molar-refractivity contribution in [3.63, 3.8) is 0 Å². The van der Waals surface area contributed by atoms with Crippen LogP contribution in [0, 0.1) is 5.41 Å². The van der Waals surface area contributed by atoms with Crippen LogP contribution in [0.2, 0.25) is 0 Å². The maximum Gasteiger partial charge on any atom is 0.247 e. The normalized spacial score (nSPS) is 17.0. The average molecular weight is 353 g/mol. The molecule has 1 saturated heterocycles. The number of amides is 2. The van der Waals surface area contributed by atoms with Gasteiger partial charge in [0.1, 0.15) is 5.25 Å². The third-order valence-corrected chi connectivity index (χ3v) is 5.04. The number of anilines is 2. The third kappa shape index (κ3) is 3.91. The van der Waals surface area contributed by atoms with Gasteiger partial charge in [0.05, 0.1) is 5.69 Å². The number of amidine groups is 1. The Morgan fingerprint density at radius 3 is 2.48 bits per heavy atom. The van der Waals surface area contributed by atoms with E-state index in [1.165, 1.54) is 10.5 Å². The van der Waals surface area contributed by atoms with Gasteiger partial charge in [0.25, 0.3) is 0 Å². The van der Waals surface area contributed by atoms with Crippen molar-refractivity contribution in [3.05, 3.63) is 60.2 Å². The number of aryl methyl sites for hydroxylation is 1. The molecule has 2 amide bonds. The highest BCUT2D eigenvalue weighted by atomic mass is 32.2. The van der Waals surface area contributed by atoms with Crippen LogP contribution < -0.4 is 10.2 Å². The van der Waals surface area contributed by atoms with Crippen molar-refractivity contribution in [2.45, 2.75) is 25.0 Å². The fourth-order valence-corrected chi connectivity index (χ4v) is 3.65. The number of carbonyl (C=O) groups is 2. The number of carbonyl (C=O) groups excluding carboxylic acids is 2. The third-order valence-electron chi connectivity index (χ3n) is 3.98. The first-order valence-electron chi connectivity index (χ1n) is 8.11. The van der Waals surface area contributed by atoms with Crippen molar-refractivity contribution in [1.82, 2.24) is 0 Å². The van der Waals surface area contributed by atoms with E-state index in [0.717, 1.165) is 18.2 Å². The second-order valence-corrected chi connectivity index (χ2v) is 6.92. The zero-order chi connectivity index (χ0) is 17.8. The van der Waals surface area contributed by atoms with Gasteiger partial charge in [-0.3, -0.25) is 19.9 Å². The first kappa shape index (κ1) is 17.2. The lowest BCUT2D eigenvalue weighted by molar-refractivity contribution is -0.121. The zero-order valence-corrected chi connectivity index (χ0v) is 14.7. The fourth-order valence-electron chi connectivity index (χ4n) is 2.64. The smallest absolute Gasteiger partial charge is 0.247 e. The topological polar surface area (TPSA) is 73.3 Å². The van der Waals surface area contributed by atoms with E-state index < -0.39 is 5.25 Å². The molecular weight excluding hydrogens is 334 g/mol. The molecule has 2 aromatic carbocycles. The molecule has 0 spiro atoms. The van der Waals surface area contributed by atoms with E-state index in [9.17, 15) is 9.59 Å². The molecule has 1 aliphatic heterocycles. The van der Waals surface area contributed by atoms with Gasteiger partial charge in [-0.05, 0) is 36.2 Å². The minimum Gasteiger partial charge on any atom is -0.326 e. The summed E-state index contributed by atoms with van der Waals surface area (Å²) in [5, 5.41) is 10.5. The van der Waals surface area contributed by atoms with E-state index in [4.69, 9.17) is 5.41 Å². The Hall–Kier alpha value is -2.60. The van der Waals surface area contributed by atoms with E-state index in [2.05, 4.69) is 12.2 Å². The molecule has 1 aliphatic rings. The van der Waals surface area contributed by atoms with Crippen LogP contribution in [0.25, 0.3) is 0 Å². The predicted molar refractivity (Wildman–Crippen MR) is 102 cm³/mol. The van der Waals surface area contributed by atoms with E-state index in [1.54, 1.807) is 12.1 Å². The summed E-state index contributed by atoms with van der Waals surface area (Å²) in [7, 11) is 0. The number of para-hydroxylation sites is 1. The maximum absolute atomic E-state index is 12.6. The van der Waals surface area contributed by atoms with Crippen molar-refractivity contribution in [3.8, 4) is 0 Å².